The van der Waals surface area contributed by atoms with Gasteiger partial charge in [-0.15, -0.1) is 0 Å². The van der Waals surface area contributed by atoms with E-state index in [9.17, 15) is 4.79 Å². The van der Waals surface area contributed by atoms with Crippen LogP contribution in [0.2, 0.25) is 0 Å². The van der Waals surface area contributed by atoms with Crippen LogP contribution in [0.25, 0.3) is 0 Å². The highest BCUT2D eigenvalue weighted by Gasteiger charge is 2.40. The minimum Gasteiger partial charge on any atom is -0.336 e. The average molecular weight is 291 g/mol. The van der Waals surface area contributed by atoms with Crippen LogP contribution in [0.3, 0.4) is 0 Å². The molecule has 5 heteroatoms. The lowest BCUT2D eigenvalue weighted by Gasteiger charge is -2.42. The van der Waals surface area contributed by atoms with Crippen LogP contribution >= 0.6 is 0 Å². The van der Waals surface area contributed by atoms with Gasteiger partial charge in [-0.1, -0.05) is 29.8 Å². The molecule has 21 heavy (non-hydrogen) atoms. The smallest absolute Gasteiger partial charge is 0.236 e. The summed E-state index contributed by atoms with van der Waals surface area (Å²) in [6.45, 7) is 7.12. The quantitative estimate of drug-likeness (QED) is 0.819. The zero-order chi connectivity index (χ0) is 15.5. The highest BCUT2D eigenvalue weighted by Crippen LogP contribution is 2.18. The minimum atomic E-state index is -1.33. The Morgan fingerprint density at radius 1 is 1.33 bits per heavy atom. The van der Waals surface area contributed by atoms with Gasteiger partial charge in [-0.2, -0.15) is 0 Å². The summed E-state index contributed by atoms with van der Waals surface area (Å²) in [7, 11) is 2.07. The third-order valence-electron chi connectivity index (χ3n) is 4.02. The number of ketones is 1. The van der Waals surface area contributed by atoms with Crippen molar-refractivity contribution in [2.75, 3.05) is 33.2 Å². The zero-order valence-electron chi connectivity index (χ0n) is 13.1. The van der Waals surface area contributed by atoms with Gasteiger partial charge in [-0.3, -0.25) is 15.4 Å². The number of hydrogen-bond donors (Lipinski definition) is 1. The second kappa shape index (κ2) is 6.66. The molecular formula is C16H25N3O2. The van der Waals surface area contributed by atoms with E-state index in [1.807, 2.05) is 36.1 Å². The molecule has 0 aromatic heterocycles. The molecule has 116 valence electrons. The normalized spacial score (nSPS) is 20.2. The minimum absolute atomic E-state index is 0.153. The molecule has 2 N–H and O–H groups in total. The number of hydrogen-bond acceptors (Lipinski definition) is 5. The number of carbonyl (C=O) groups is 1. The molecule has 1 aromatic rings. The molecule has 1 aliphatic rings. The molecule has 0 aliphatic carbocycles. The standard InChI is InChI=1S/C16H25N3O2/c1-13-5-4-6-15(11-13)12-21-16(17,14(2)20)19-9-7-18(3)8-10-19/h4-6,11H,7-10,12,17H2,1-3H3. The number of ether oxygens (including phenoxy) is 1. The Kier molecular flexibility index (Phi) is 5.11. The fourth-order valence-electron chi connectivity index (χ4n) is 2.55. The van der Waals surface area contributed by atoms with Crippen molar-refractivity contribution in [1.29, 1.82) is 0 Å². The Bertz CT molecular complexity index is 498. The van der Waals surface area contributed by atoms with Gasteiger partial charge in [0.25, 0.3) is 0 Å². The van der Waals surface area contributed by atoms with Crippen molar-refractivity contribution in [3.05, 3.63) is 35.4 Å². The van der Waals surface area contributed by atoms with Crippen molar-refractivity contribution >= 4 is 5.78 Å². The van der Waals surface area contributed by atoms with Gasteiger partial charge in [0.2, 0.25) is 5.85 Å². The summed E-state index contributed by atoms with van der Waals surface area (Å²) >= 11 is 0. The highest BCUT2D eigenvalue weighted by atomic mass is 16.5. The molecule has 0 radical (unpaired) electrons. The fraction of sp³-hybridized carbons (Fsp3) is 0.562. The van der Waals surface area contributed by atoms with Crippen LogP contribution in [-0.4, -0.2) is 54.7 Å². The lowest BCUT2D eigenvalue weighted by Crippen LogP contribution is -2.66. The third-order valence-corrected chi connectivity index (χ3v) is 4.02. The topological polar surface area (TPSA) is 58.8 Å². The van der Waals surface area contributed by atoms with Gasteiger partial charge < -0.3 is 9.64 Å². The van der Waals surface area contributed by atoms with E-state index in [4.69, 9.17) is 10.5 Å². The maximum Gasteiger partial charge on any atom is 0.236 e. The van der Waals surface area contributed by atoms with E-state index in [2.05, 4.69) is 11.9 Å². The van der Waals surface area contributed by atoms with Crippen LogP contribution in [-0.2, 0) is 16.1 Å². The van der Waals surface area contributed by atoms with E-state index in [-0.39, 0.29) is 5.78 Å². The fourth-order valence-corrected chi connectivity index (χ4v) is 2.55. The number of likely N-dealkylation sites (N-methyl/N-ethyl adjacent to an activating group) is 1. The van der Waals surface area contributed by atoms with Crippen LogP contribution in [0.5, 0.6) is 0 Å². The van der Waals surface area contributed by atoms with E-state index < -0.39 is 5.85 Å². The largest absolute Gasteiger partial charge is 0.336 e. The van der Waals surface area contributed by atoms with Crippen molar-refractivity contribution in [3.8, 4) is 0 Å². The maximum absolute atomic E-state index is 12.0. The van der Waals surface area contributed by atoms with Gasteiger partial charge in [-0.25, -0.2) is 0 Å². The molecule has 1 aliphatic heterocycles. The van der Waals surface area contributed by atoms with Crippen LogP contribution in [0.4, 0.5) is 0 Å². The van der Waals surface area contributed by atoms with Crippen molar-refractivity contribution in [1.82, 2.24) is 9.80 Å². The summed E-state index contributed by atoms with van der Waals surface area (Å²) in [4.78, 5) is 16.2. The van der Waals surface area contributed by atoms with Crippen LogP contribution < -0.4 is 5.73 Å². The first-order chi connectivity index (χ1) is 9.91. The van der Waals surface area contributed by atoms with E-state index in [0.29, 0.717) is 6.61 Å². The highest BCUT2D eigenvalue weighted by molar-refractivity contribution is 5.83. The monoisotopic (exact) mass is 291 g/mol. The predicted molar refractivity (Wildman–Crippen MR) is 82.6 cm³/mol. The number of piperazine rings is 1. The Hall–Kier alpha value is -1.27. The Labute approximate surface area is 126 Å². The summed E-state index contributed by atoms with van der Waals surface area (Å²) in [6.07, 6.45) is 0. The number of benzene rings is 1. The van der Waals surface area contributed by atoms with Gasteiger partial charge in [-0.05, 0) is 19.5 Å². The zero-order valence-corrected chi connectivity index (χ0v) is 13.1. The first kappa shape index (κ1) is 16.1. The van der Waals surface area contributed by atoms with Gasteiger partial charge in [0.1, 0.15) is 0 Å². The van der Waals surface area contributed by atoms with Crippen molar-refractivity contribution < 1.29 is 9.53 Å². The van der Waals surface area contributed by atoms with Crippen LogP contribution in [0, 0.1) is 6.92 Å². The van der Waals surface area contributed by atoms with Gasteiger partial charge in [0.05, 0.1) is 6.61 Å². The summed E-state index contributed by atoms with van der Waals surface area (Å²) in [5.41, 5.74) is 8.48. The van der Waals surface area contributed by atoms with E-state index >= 15 is 0 Å². The molecule has 1 aromatic carbocycles. The second-order valence-corrected chi connectivity index (χ2v) is 5.82. The summed E-state index contributed by atoms with van der Waals surface area (Å²) in [6, 6.07) is 8.04. The SMILES string of the molecule is CC(=O)C(N)(OCc1cccc(C)c1)N1CCN(C)CC1. The molecule has 1 atom stereocenters. The number of nitrogens with zero attached hydrogens (tertiary/aromatic N) is 2. The Balaban J connectivity index is 2.06. The molecule has 1 heterocycles. The van der Waals surface area contributed by atoms with Gasteiger partial charge in [0, 0.05) is 33.1 Å². The lowest BCUT2D eigenvalue weighted by molar-refractivity contribution is -0.183. The molecule has 0 amide bonds. The maximum atomic E-state index is 12.0. The van der Waals surface area contributed by atoms with Crippen molar-refractivity contribution in [3.63, 3.8) is 0 Å². The molecule has 2 rings (SSSR count). The Morgan fingerprint density at radius 3 is 2.57 bits per heavy atom. The average Bonchev–Trinajstić information content (AvgIpc) is 2.45. The van der Waals surface area contributed by atoms with E-state index in [0.717, 1.165) is 31.7 Å². The molecule has 0 saturated carbocycles. The molecular weight excluding hydrogens is 266 g/mol. The summed E-state index contributed by atoms with van der Waals surface area (Å²) in [5, 5.41) is 0. The second-order valence-electron chi connectivity index (χ2n) is 5.82. The molecule has 1 unspecified atom stereocenters. The van der Waals surface area contributed by atoms with Crippen LogP contribution in [0.1, 0.15) is 18.1 Å². The van der Waals surface area contributed by atoms with Crippen LogP contribution in [0.15, 0.2) is 24.3 Å². The summed E-state index contributed by atoms with van der Waals surface area (Å²) in [5.74, 6) is -1.48. The molecule has 1 saturated heterocycles. The number of Topliss-reactive ketones (excluding diaryl/α,β-unsaturated/α-hetero) is 1. The molecule has 0 spiro atoms. The molecule has 5 nitrogen and oxygen atoms in total. The van der Waals surface area contributed by atoms with Gasteiger partial charge >= 0.3 is 0 Å². The first-order valence-electron chi connectivity index (χ1n) is 7.35. The number of carbonyl (C=O) groups excluding carboxylic acids is 1. The number of rotatable bonds is 5. The third kappa shape index (κ3) is 3.89. The lowest BCUT2D eigenvalue weighted by atomic mass is 10.1. The number of nitrogens with two attached hydrogens (primary N) is 1. The predicted octanol–water partition coefficient (Wildman–Crippen LogP) is 0.961. The van der Waals surface area contributed by atoms with Gasteiger partial charge in [0.15, 0.2) is 5.78 Å². The van der Waals surface area contributed by atoms with Crippen molar-refractivity contribution in [2.45, 2.75) is 26.3 Å². The molecule has 0 bridgehead atoms. The summed E-state index contributed by atoms with van der Waals surface area (Å²) < 4.78 is 5.84. The van der Waals surface area contributed by atoms with E-state index in [1.54, 1.807) is 0 Å². The number of aryl methyl sites for hydroxylation is 1. The first-order valence-corrected chi connectivity index (χ1v) is 7.35. The molecule has 1 fully saturated rings. The Morgan fingerprint density at radius 2 is 2.00 bits per heavy atom. The van der Waals surface area contributed by atoms with Crippen molar-refractivity contribution in [2.24, 2.45) is 5.73 Å². The van der Waals surface area contributed by atoms with E-state index in [1.165, 1.54) is 12.5 Å².